The number of pyridine rings is 1. The number of piperidine rings is 2. The third-order valence-electron chi connectivity index (χ3n) is 8.80. The summed E-state index contributed by atoms with van der Waals surface area (Å²) in [6.45, 7) is 2.77. The summed E-state index contributed by atoms with van der Waals surface area (Å²) < 4.78 is 2.03. The van der Waals surface area contributed by atoms with Gasteiger partial charge in [-0.1, -0.05) is 27.5 Å². The van der Waals surface area contributed by atoms with E-state index in [4.69, 9.17) is 22.3 Å². The largest absolute Gasteiger partial charge is 0.370 e. The molecule has 2 aliphatic heterocycles. The Morgan fingerprint density at radius 2 is 1.55 bits per heavy atom. The first kappa shape index (κ1) is 29.5. The summed E-state index contributed by atoms with van der Waals surface area (Å²) in [7, 11) is 0. The van der Waals surface area contributed by atoms with Crippen molar-refractivity contribution in [3.8, 4) is 0 Å². The lowest BCUT2D eigenvalue weighted by Gasteiger charge is -2.38. The number of halogens is 3. The van der Waals surface area contributed by atoms with Crippen molar-refractivity contribution < 1.29 is 14.4 Å². The van der Waals surface area contributed by atoms with Gasteiger partial charge in [-0.15, -0.1) is 0 Å². The number of amides is 3. The molecule has 7 nitrogen and oxygen atoms in total. The van der Waals surface area contributed by atoms with Crippen molar-refractivity contribution in [1.82, 2.24) is 14.8 Å². The van der Waals surface area contributed by atoms with E-state index in [9.17, 15) is 14.4 Å². The van der Waals surface area contributed by atoms with Gasteiger partial charge in [0.1, 0.15) is 0 Å². The van der Waals surface area contributed by atoms with E-state index < -0.39 is 5.91 Å². The van der Waals surface area contributed by atoms with Crippen LogP contribution in [0.25, 0.3) is 0 Å². The SMILES string of the molecule is NC(=O)CCC(=O)N1CCC(CC(=O)N2CCC([C@H]3c4ncc(Br)cc4CCc4cc(Cl)cc(Br)c43)CC2)CC1. The molecule has 0 bridgehead atoms. The zero-order valence-electron chi connectivity index (χ0n) is 22.5. The highest BCUT2D eigenvalue weighted by Gasteiger charge is 2.37. The van der Waals surface area contributed by atoms with Gasteiger partial charge < -0.3 is 15.5 Å². The molecule has 214 valence electrons. The average molecular weight is 695 g/mol. The van der Waals surface area contributed by atoms with Gasteiger partial charge in [-0.25, -0.2) is 0 Å². The molecule has 1 aliphatic carbocycles. The Bertz CT molecular complexity index is 1290. The number of nitrogens with two attached hydrogens (primary N) is 1. The van der Waals surface area contributed by atoms with Gasteiger partial charge in [-0.05, 0) is 101 Å². The predicted molar refractivity (Wildman–Crippen MR) is 162 cm³/mol. The van der Waals surface area contributed by atoms with Crippen LogP contribution >= 0.6 is 43.5 Å². The van der Waals surface area contributed by atoms with Gasteiger partial charge in [0.25, 0.3) is 0 Å². The molecule has 0 unspecified atom stereocenters. The molecule has 3 aliphatic rings. The van der Waals surface area contributed by atoms with E-state index in [1.54, 1.807) is 4.90 Å². The maximum Gasteiger partial charge on any atom is 0.223 e. The highest BCUT2D eigenvalue weighted by Crippen LogP contribution is 2.46. The van der Waals surface area contributed by atoms with Gasteiger partial charge in [0.05, 0.1) is 5.69 Å². The van der Waals surface area contributed by atoms with Crippen LogP contribution < -0.4 is 5.73 Å². The number of aromatic nitrogens is 1. The smallest absolute Gasteiger partial charge is 0.223 e. The quantitative estimate of drug-likeness (QED) is 0.425. The van der Waals surface area contributed by atoms with Crippen molar-refractivity contribution in [2.75, 3.05) is 26.2 Å². The summed E-state index contributed by atoms with van der Waals surface area (Å²) in [5.74, 6) is 0.555. The summed E-state index contributed by atoms with van der Waals surface area (Å²) in [6, 6.07) is 6.29. The minimum atomic E-state index is -0.452. The zero-order valence-corrected chi connectivity index (χ0v) is 26.4. The van der Waals surface area contributed by atoms with Crippen molar-refractivity contribution in [3.63, 3.8) is 0 Å². The summed E-state index contributed by atoms with van der Waals surface area (Å²) in [6.07, 6.45) is 8.01. The van der Waals surface area contributed by atoms with Crippen molar-refractivity contribution in [2.24, 2.45) is 17.6 Å². The second-order valence-corrected chi connectivity index (χ2v) is 13.6. The molecule has 2 N–H and O–H groups in total. The number of nitrogens with zero attached hydrogens (tertiary/aromatic N) is 3. The van der Waals surface area contributed by atoms with Crippen LogP contribution in [0.3, 0.4) is 0 Å². The molecular formula is C30H35Br2ClN4O3. The Labute approximate surface area is 257 Å². The van der Waals surface area contributed by atoms with Crippen molar-refractivity contribution >= 4 is 61.2 Å². The van der Waals surface area contributed by atoms with Gasteiger partial charge in [0.15, 0.2) is 0 Å². The molecule has 1 atom stereocenters. The maximum atomic E-state index is 13.3. The number of carbonyl (C=O) groups excluding carboxylic acids is 3. The number of rotatable bonds is 6. The fourth-order valence-corrected chi connectivity index (χ4v) is 8.16. The van der Waals surface area contributed by atoms with E-state index in [0.717, 1.165) is 71.3 Å². The Balaban J connectivity index is 1.22. The monoisotopic (exact) mass is 692 g/mol. The van der Waals surface area contributed by atoms with Gasteiger partial charge in [-0.3, -0.25) is 19.4 Å². The lowest BCUT2D eigenvalue weighted by molar-refractivity contribution is -0.136. The molecule has 0 spiro atoms. The molecule has 1 aromatic heterocycles. The topological polar surface area (TPSA) is 96.6 Å². The number of fused-ring (bicyclic) bond motifs is 2. The minimum Gasteiger partial charge on any atom is -0.370 e. The summed E-state index contributed by atoms with van der Waals surface area (Å²) in [5.41, 5.74) is 10.2. The number of benzene rings is 1. The first-order valence-electron chi connectivity index (χ1n) is 14.2. The molecule has 3 heterocycles. The Morgan fingerprint density at radius 1 is 0.900 bits per heavy atom. The van der Waals surface area contributed by atoms with Crippen LogP contribution in [0, 0.1) is 11.8 Å². The second kappa shape index (κ2) is 12.9. The molecule has 1 aromatic carbocycles. The number of carbonyl (C=O) groups is 3. The molecule has 0 radical (unpaired) electrons. The first-order chi connectivity index (χ1) is 19.2. The standard InChI is InChI=1S/C30H35Br2ClN4O3/c31-22-14-21-2-1-20-15-23(33)16-24(32)28(20)29(30(21)35-17-22)19-7-11-37(12-8-19)27(40)13-18-5-9-36(10-6-18)26(39)4-3-25(34)38/h14-19,29H,1-13H2,(H2,34,38)/t29-/m1/s1. The van der Waals surface area contributed by atoms with E-state index >= 15 is 0 Å². The van der Waals surface area contributed by atoms with E-state index in [-0.39, 0.29) is 36.5 Å². The highest BCUT2D eigenvalue weighted by atomic mass is 79.9. The van der Waals surface area contributed by atoms with Crippen LogP contribution in [0.1, 0.15) is 73.2 Å². The predicted octanol–water partition coefficient (Wildman–Crippen LogP) is 5.62. The normalized spacial score (nSPS) is 20.0. The molecule has 40 heavy (non-hydrogen) atoms. The average Bonchev–Trinajstić information content (AvgIpc) is 3.09. The number of hydrogen-bond acceptors (Lipinski definition) is 4. The van der Waals surface area contributed by atoms with Crippen LogP contribution in [-0.2, 0) is 27.2 Å². The van der Waals surface area contributed by atoms with Crippen molar-refractivity contribution in [1.29, 1.82) is 0 Å². The number of aryl methyl sites for hydroxylation is 2. The molecule has 3 amide bonds. The van der Waals surface area contributed by atoms with Gasteiger partial charge in [0.2, 0.25) is 17.7 Å². The number of likely N-dealkylation sites (tertiary alicyclic amines) is 2. The molecule has 0 saturated carbocycles. The minimum absolute atomic E-state index is 0.0249. The van der Waals surface area contributed by atoms with Crippen LogP contribution in [0.5, 0.6) is 0 Å². The van der Waals surface area contributed by atoms with E-state index in [1.807, 2.05) is 17.2 Å². The van der Waals surface area contributed by atoms with Crippen LogP contribution in [0.15, 0.2) is 33.3 Å². The molecule has 2 aromatic rings. The first-order valence-corrected chi connectivity index (χ1v) is 16.1. The molecule has 2 fully saturated rings. The lowest BCUT2D eigenvalue weighted by atomic mass is 9.76. The van der Waals surface area contributed by atoms with Gasteiger partial charge in [0, 0.05) is 71.5 Å². The Kier molecular flexibility index (Phi) is 9.52. The van der Waals surface area contributed by atoms with Crippen LogP contribution in [0.4, 0.5) is 0 Å². The zero-order chi connectivity index (χ0) is 28.4. The fraction of sp³-hybridized carbons (Fsp3) is 0.533. The number of primary amides is 1. The van der Waals surface area contributed by atoms with Crippen molar-refractivity contribution in [2.45, 2.75) is 63.7 Å². The van der Waals surface area contributed by atoms with Gasteiger partial charge >= 0.3 is 0 Å². The Hall–Kier alpha value is -1.97. The van der Waals surface area contributed by atoms with Crippen LogP contribution in [-0.4, -0.2) is 58.7 Å². The third kappa shape index (κ3) is 6.73. The third-order valence-corrected chi connectivity index (χ3v) is 10.1. The molecule has 2 saturated heterocycles. The van der Waals surface area contributed by atoms with E-state index in [0.29, 0.717) is 25.4 Å². The molecule has 10 heteroatoms. The Morgan fingerprint density at radius 3 is 2.25 bits per heavy atom. The van der Waals surface area contributed by atoms with Crippen molar-refractivity contribution in [3.05, 3.63) is 60.7 Å². The van der Waals surface area contributed by atoms with E-state index in [1.165, 1.54) is 16.7 Å². The summed E-state index contributed by atoms with van der Waals surface area (Å²) in [4.78, 5) is 45.3. The number of hydrogen-bond donors (Lipinski definition) is 1. The molecular weight excluding hydrogens is 660 g/mol. The highest BCUT2D eigenvalue weighted by molar-refractivity contribution is 9.10. The van der Waals surface area contributed by atoms with E-state index in [2.05, 4.69) is 44.0 Å². The molecule has 5 rings (SSSR count). The summed E-state index contributed by atoms with van der Waals surface area (Å²) in [5, 5.41) is 0.741. The maximum absolute atomic E-state index is 13.3. The van der Waals surface area contributed by atoms with Crippen LogP contribution in [0.2, 0.25) is 5.02 Å². The lowest BCUT2D eigenvalue weighted by Crippen LogP contribution is -2.43. The summed E-state index contributed by atoms with van der Waals surface area (Å²) >= 11 is 13.9. The van der Waals surface area contributed by atoms with Gasteiger partial charge in [-0.2, -0.15) is 0 Å². The fourth-order valence-electron chi connectivity index (χ4n) is 6.66. The second-order valence-electron chi connectivity index (χ2n) is 11.3.